The highest BCUT2D eigenvalue weighted by atomic mass is 19.3. The van der Waals surface area contributed by atoms with Gasteiger partial charge >= 0.3 is 0 Å². The molecule has 84 valence electrons. The Morgan fingerprint density at radius 3 is 1.71 bits per heavy atom. The van der Waals surface area contributed by atoms with E-state index in [-0.39, 0.29) is 24.3 Å². The lowest BCUT2D eigenvalue weighted by Gasteiger charge is -2.56. The van der Waals surface area contributed by atoms with Crippen molar-refractivity contribution in [3.05, 3.63) is 0 Å². The second-order valence-corrected chi connectivity index (χ2v) is 5.17. The SMILES string of the molecule is CC(C)N(C)C1(C(C)C)CC(F)(F)C1. The molecule has 0 aromatic rings. The van der Waals surface area contributed by atoms with E-state index >= 15 is 0 Å². The largest absolute Gasteiger partial charge is 0.298 e. The Morgan fingerprint density at radius 2 is 1.50 bits per heavy atom. The first-order valence-electron chi connectivity index (χ1n) is 5.32. The van der Waals surface area contributed by atoms with E-state index in [9.17, 15) is 8.78 Å². The van der Waals surface area contributed by atoms with Crippen LogP contribution in [0.2, 0.25) is 0 Å². The summed E-state index contributed by atoms with van der Waals surface area (Å²) in [7, 11) is 1.96. The van der Waals surface area contributed by atoms with Crippen molar-refractivity contribution in [3.8, 4) is 0 Å². The van der Waals surface area contributed by atoms with Gasteiger partial charge in [0.25, 0.3) is 5.92 Å². The maximum atomic E-state index is 13.0. The average Bonchev–Trinajstić information content (AvgIpc) is 1.97. The quantitative estimate of drug-likeness (QED) is 0.684. The summed E-state index contributed by atoms with van der Waals surface area (Å²) in [6.07, 6.45) is 0.0404. The first kappa shape index (κ1) is 11.9. The van der Waals surface area contributed by atoms with Gasteiger partial charge in [0.1, 0.15) is 0 Å². The van der Waals surface area contributed by atoms with Crippen molar-refractivity contribution < 1.29 is 8.78 Å². The van der Waals surface area contributed by atoms with Gasteiger partial charge in [0.2, 0.25) is 0 Å². The Balaban J connectivity index is 2.77. The van der Waals surface area contributed by atoms with Gasteiger partial charge in [-0.05, 0) is 26.8 Å². The molecule has 0 radical (unpaired) electrons. The van der Waals surface area contributed by atoms with Crippen molar-refractivity contribution in [2.45, 2.75) is 58.0 Å². The second-order valence-electron chi connectivity index (χ2n) is 5.17. The maximum Gasteiger partial charge on any atom is 0.251 e. The Kier molecular flexibility index (Phi) is 2.92. The first-order chi connectivity index (χ1) is 6.21. The summed E-state index contributed by atoms with van der Waals surface area (Å²) in [6.45, 7) is 8.18. The molecule has 0 spiro atoms. The predicted molar refractivity (Wildman–Crippen MR) is 54.6 cm³/mol. The van der Waals surface area contributed by atoms with Crippen molar-refractivity contribution in [2.24, 2.45) is 5.92 Å². The van der Waals surface area contributed by atoms with Crippen LogP contribution in [0.4, 0.5) is 8.78 Å². The summed E-state index contributed by atoms with van der Waals surface area (Å²) in [4.78, 5) is 2.11. The highest BCUT2D eigenvalue weighted by Gasteiger charge is 2.60. The van der Waals surface area contributed by atoms with Gasteiger partial charge in [0.15, 0.2) is 0 Å². The highest BCUT2D eigenvalue weighted by Crippen LogP contribution is 2.52. The first-order valence-corrected chi connectivity index (χ1v) is 5.32. The summed E-state index contributed by atoms with van der Waals surface area (Å²) < 4.78 is 26.0. The van der Waals surface area contributed by atoms with E-state index in [0.29, 0.717) is 6.04 Å². The third-order valence-corrected chi connectivity index (χ3v) is 3.68. The highest BCUT2D eigenvalue weighted by molar-refractivity contribution is 5.08. The minimum atomic E-state index is -2.44. The molecule has 1 nitrogen and oxygen atoms in total. The van der Waals surface area contributed by atoms with Crippen LogP contribution in [0.25, 0.3) is 0 Å². The summed E-state index contributed by atoms with van der Waals surface area (Å²) in [5, 5.41) is 0. The molecule has 0 bridgehead atoms. The molecule has 1 fully saturated rings. The average molecular weight is 205 g/mol. The fraction of sp³-hybridized carbons (Fsp3) is 1.00. The van der Waals surface area contributed by atoms with Crippen LogP contribution < -0.4 is 0 Å². The molecular weight excluding hydrogens is 184 g/mol. The zero-order valence-corrected chi connectivity index (χ0v) is 9.77. The van der Waals surface area contributed by atoms with Crippen LogP contribution in [0.15, 0.2) is 0 Å². The molecule has 3 heteroatoms. The normalized spacial score (nSPS) is 24.4. The number of alkyl halides is 2. The van der Waals surface area contributed by atoms with Gasteiger partial charge in [-0.1, -0.05) is 13.8 Å². The molecule has 0 N–H and O–H groups in total. The monoisotopic (exact) mass is 205 g/mol. The molecule has 0 unspecified atom stereocenters. The van der Waals surface area contributed by atoms with E-state index in [1.54, 1.807) is 0 Å². The van der Waals surface area contributed by atoms with Gasteiger partial charge < -0.3 is 0 Å². The third-order valence-electron chi connectivity index (χ3n) is 3.68. The molecule has 0 aliphatic heterocycles. The molecule has 0 atom stereocenters. The van der Waals surface area contributed by atoms with E-state index in [2.05, 4.69) is 18.7 Å². The second kappa shape index (κ2) is 3.44. The van der Waals surface area contributed by atoms with E-state index in [1.165, 1.54) is 0 Å². The summed E-state index contributed by atoms with van der Waals surface area (Å²) in [5.74, 6) is -2.15. The summed E-state index contributed by atoms with van der Waals surface area (Å²) in [5.41, 5.74) is -0.280. The lowest BCUT2D eigenvalue weighted by molar-refractivity contribution is -0.193. The molecule has 0 saturated heterocycles. The van der Waals surface area contributed by atoms with Crippen LogP contribution in [-0.2, 0) is 0 Å². The van der Waals surface area contributed by atoms with E-state index in [4.69, 9.17) is 0 Å². The van der Waals surface area contributed by atoms with Crippen LogP contribution in [0.1, 0.15) is 40.5 Å². The van der Waals surface area contributed by atoms with E-state index in [0.717, 1.165) is 0 Å². The fourth-order valence-electron chi connectivity index (χ4n) is 2.42. The Morgan fingerprint density at radius 1 is 1.07 bits per heavy atom. The van der Waals surface area contributed by atoms with Gasteiger partial charge in [0.05, 0.1) is 0 Å². The lowest BCUT2D eigenvalue weighted by atomic mass is 9.65. The van der Waals surface area contributed by atoms with Crippen LogP contribution in [0.3, 0.4) is 0 Å². The number of rotatable bonds is 3. The molecule has 0 amide bonds. The third kappa shape index (κ3) is 1.79. The Bertz CT molecular complexity index is 203. The molecule has 0 aromatic heterocycles. The molecule has 1 aliphatic rings. The van der Waals surface area contributed by atoms with Gasteiger partial charge in [-0.2, -0.15) is 0 Å². The molecule has 0 heterocycles. The van der Waals surface area contributed by atoms with Gasteiger partial charge in [0, 0.05) is 24.4 Å². The zero-order chi connectivity index (χ0) is 11.1. The van der Waals surface area contributed by atoms with Crippen molar-refractivity contribution in [2.75, 3.05) is 7.05 Å². The Hall–Kier alpha value is -0.180. The van der Waals surface area contributed by atoms with Crippen LogP contribution >= 0.6 is 0 Å². The summed E-state index contributed by atoms with van der Waals surface area (Å²) in [6, 6.07) is 0.327. The summed E-state index contributed by atoms with van der Waals surface area (Å²) >= 11 is 0. The van der Waals surface area contributed by atoms with E-state index in [1.807, 2.05) is 20.9 Å². The van der Waals surface area contributed by atoms with Crippen LogP contribution in [-0.4, -0.2) is 29.5 Å². The van der Waals surface area contributed by atoms with Gasteiger partial charge in [-0.3, -0.25) is 4.90 Å². The number of hydrogen-bond donors (Lipinski definition) is 0. The zero-order valence-electron chi connectivity index (χ0n) is 9.77. The van der Waals surface area contributed by atoms with Crippen molar-refractivity contribution in [3.63, 3.8) is 0 Å². The standard InChI is InChI=1S/C11H21F2N/c1-8(2)10(14(5)9(3)4)6-11(12,13)7-10/h8-9H,6-7H2,1-5H3. The molecule has 0 aromatic carbocycles. The van der Waals surface area contributed by atoms with Crippen molar-refractivity contribution in [1.29, 1.82) is 0 Å². The van der Waals surface area contributed by atoms with E-state index < -0.39 is 5.92 Å². The van der Waals surface area contributed by atoms with Crippen LogP contribution in [0, 0.1) is 5.92 Å². The lowest BCUT2D eigenvalue weighted by Crippen LogP contribution is -2.65. The predicted octanol–water partition coefficient (Wildman–Crippen LogP) is 3.15. The molecule has 1 saturated carbocycles. The van der Waals surface area contributed by atoms with Crippen LogP contribution in [0.5, 0.6) is 0 Å². The molecule has 1 rings (SSSR count). The Labute approximate surface area is 85.5 Å². The number of halogens is 2. The smallest absolute Gasteiger partial charge is 0.251 e. The van der Waals surface area contributed by atoms with Gasteiger partial charge in [-0.15, -0.1) is 0 Å². The molecule has 1 aliphatic carbocycles. The number of hydrogen-bond acceptors (Lipinski definition) is 1. The topological polar surface area (TPSA) is 3.24 Å². The van der Waals surface area contributed by atoms with Crippen molar-refractivity contribution in [1.82, 2.24) is 4.90 Å². The fourth-order valence-corrected chi connectivity index (χ4v) is 2.42. The maximum absolute atomic E-state index is 13.0. The molecular formula is C11H21F2N. The number of nitrogens with zero attached hydrogens (tertiary/aromatic N) is 1. The minimum absolute atomic E-state index is 0.0202. The minimum Gasteiger partial charge on any atom is -0.298 e. The van der Waals surface area contributed by atoms with Gasteiger partial charge in [-0.25, -0.2) is 8.78 Å². The molecule has 14 heavy (non-hydrogen) atoms. The van der Waals surface area contributed by atoms with Crippen molar-refractivity contribution >= 4 is 0 Å².